The Morgan fingerprint density at radius 2 is 2.43 bits per heavy atom. The van der Waals surface area contributed by atoms with E-state index in [1.54, 1.807) is 6.92 Å². The van der Waals surface area contributed by atoms with E-state index in [2.05, 4.69) is 16.8 Å². The van der Waals surface area contributed by atoms with Crippen molar-refractivity contribution < 1.29 is 0 Å². The molecular weight excluding hydrogens is 90.1 g/mol. The van der Waals surface area contributed by atoms with Gasteiger partial charge in [0.05, 0.1) is 0 Å². The SMILES string of the molecule is C=CN=NC(C)=N. The predicted octanol–water partition coefficient (Wildman–Crippen LogP) is 1.58. The van der Waals surface area contributed by atoms with Crippen LogP contribution in [0.1, 0.15) is 6.92 Å². The van der Waals surface area contributed by atoms with Crippen LogP contribution in [-0.2, 0) is 0 Å². The summed E-state index contributed by atoms with van der Waals surface area (Å²) in [6.45, 7) is 4.82. The fourth-order valence-corrected chi connectivity index (χ4v) is 0.127. The highest BCUT2D eigenvalue weighted by molar-refractivity contribution is 5.76. The average Bonchev–Trinajstić information content (AvgIpc) is 1.61. The van der Waals surface area contributed by atoms with Crippen LogP contribution in [0.15, 0.2) is 23.0 Å². The second-order valence-electron chi connectivity index (χ2n) is 0.983. The Morgan fingerprint density at radius 3 is 2.57 bits per heavy atom. The largest absolute Gasteiger partial charge is 0.285 e. The Bertz CT molecular complexity index is 104. The van der Waals surface area contributed by atoms with Gasteiger partial charge in [0.15, 0.2) is 0 Å². The lowest BCUT2D eigenvalue weighted by Crippen LogP contribution is -1.73. The Hall–Kier alpha value is -0.990. The number of nitrogens with zero attached hydrogens (tertiary/aromatic N) is 2. The molecule has 0 aromatic carbocycles. The van der Waals surface area contributed by atoms with Crippen molar-refractivity contribution in [3.8, 4) is 0 Å². The number of hydrogen-bond donors (Lipinski definition) is 1. The molecule has 0 aromatic heterocycles. The summed E-state index contributed by atoms with van der Waals surface area (Å²) in [7, 11) is 0. The predicted molar refractivity (Wildman–Crippen MR) is 28.5 cm³/mol. The molecule has 0 saturated heterocycles. The van der Waals surface area contributed by atoms with Gasteiger partial charge in [-0.05, 0) is 6.92 Å². The summed E-state index contributed by atoms with van der Waals surface area (Å²) in [5, 5.41) is 13.4. The second-order valence-corrected chi connectivity index (χ2v) is 0.983. The first kappa shape index (κ1) is 6.01. The van der Waals surface area contributed by atoms with E-state index in [0.717, 1.165) is 0 Å². The molecule has 3 nitrogen and oxygen atoms in total. The summed E-state index contributed by atoms with van der Waals surface area (Å²) < 4.78 is 0. The van der Waals surface area contributed by atoms with Crippen LogP contribution in [0.25, 0.3) is 0 Å². The first-order chi connectivity index (χ1) is 3.27. The van der Waals surface area contributed by atoms with Gasteiger partial charge in [-0.3, -0.25) is 5.41 Å². The van der Waals surface area contributed by atoms with Crippen LogP contribution in [0, 0.1) is 5.41 Å². The number of hydrogen-bond acceptors (Lipinski definition) is 2. The van der Waals surface area contributed by atoms with Gasteiger partial charge in [0.1, 0.15) is 5.84 Å². The smallest absolute Gasteiger partial charge is 0.140 e. The normalized spacial score (nSPS) is 9.29. The van der Waals surface area contributed by atoms with Crippen molar-refractivity contribution in [2.45, 2.75) is 6.92 Å². The third kappa shape index (κ3) is 5.01. The average molecular weight is 97.1 g/mol. The number of rotatable bonds is 1. The lowest BCUT2D eigenvalue weighted by molar-refractivity contribution is 1.23. The van der Waals surface area contributed by atoms with Gasteiger partial charge >= 0.3 is 0 Å². The molecule has 0 heterocycles. The van der Waals surface area contributed by atoms with E-state index in [1.165, 1.54) is 6.20 Å². The summed E-state index contributed by atoms with van der Waals surface area (Å²) in [5.74, 6) is 0.194. The lowest BCUT2D eigenvalue weighted by Gasteiger charge is -1.74. The third-order valence-corrected chi connectivity index (χ3v) is 0.289. The van der Waals surface area contributed by atoms with E-state index in [9.17, 15) is 0 Å². The third-order valence-electron chi connectivity index (χ3n) is 0.289. The number of amidine groups is 1. The maximum Gasteiger partial charge on any atom is 0.140 e. The monoisotopic (exact) mass is 97.1 g/mol. The molecule has 1 N–H and O–H groups in total. The van der Waals surface area contributed by atoms with Crippen LogP contribution in [-0.4, -0.2) is 5.84 Å². The van der Waals surface area contributed by atoms with Crippen LogP contribution in [0.2, 0.25) is 0 Å². The first-order valence-electron chi connectivity index (χ1n) is 1.84. The topological polar surface area (TPSA) is 48.6 Å². The summed E-state index contributed by atoms with van der Waals surface area (Å²) in [4.78, 5) is 0. The zero-order chi connectivity index (χ0) is 5.70. The Morgan fingerprint density at radius 1 is 1.86 bits per heavy atom. The molecule has 7 heavy (non-hydrogen) atoms. The molecule has 0 unspecified atom stereocenters. The maximum atomic E-state index is 6.69. The summed E-state index contributed by atoms with van der Waals surface area (Å²) in [5.41, 5.74) is 0. The van der Waals surface area contributed by atoms with Gasteiger partial charge < -0.3 is 0 Å². The van der Waals surface area contributed by atoms with Crippen molar-refractivity contribution in [3.63, 3.8) is 0 Å². The molecule has 0 aliphatic rings. The van der Waals surface area contributed by atoms with Crippen molar-refractivity contribution in [1.29, 1.82) is 5.41 Å². The fraction of sp³-hybridized carbons (Fsp3) is 0.250. The minimum absolute atomic E-state index is 0.194. The van der Waals surface area contributed by atoms with Crippen LogP contribution in [0.4, 0.5) is 0 Å². The number of nitrogens with one attached hydrogen (secondary N) is 1. The van der Waals surface area contributed by atoms with Crippen LogP contribution < -0.4 is 0 Å². The molecule has 0 bridgehead atoms. The van der Waals surface area contributed by atoms with E-state index in [0.29, 0.717) is 0 Å². The molecule has 0 rings (SSSR count). The highest BCUT2D eigenvalue weighted by atomic mass is 15.1. The molecule has 0 aliphatic heterocycles. The van der Waals surface area contributed by atoms with Crippen LogP contribution >= 0.6 is 0 Å². The molecule has 0 atom stereocenters. The Labute approximate surface area is 42.3 Å². The van der Waals surface area contributed by atoms with Crippen molar-refractivity contribution in [2.24, 2.45) is 10.2 Å². The number of azo groups is 1. The second kappa shape index (κ2) is 3.21. The summed E-state index contributed by atoms with van der Waals surface area (Å²) >= 11 is 0. The van der Waals surface area contributed by atoms with E-state index < -0.39 is 0 Å². The molecule has 38 valence electrons. The zero-order valence-electron chi connectivity index (χ0n) is 4.18. The highest BCUT2D eigenvalue weighted by Gasteiger charge is 1.70. The molecule has 0 spiro atoms. The van der Waals surface area contributed by atoms with Gasteiger partial charge in [0.25, 0.3) is 0 Å². The fourth-order valence-electron chi connectivity index (χ4n) is 0.127. The molecular formula is C4H7N3. The molecule has 3 heteroatoms. The van der Waals surface area contributed by atoms with E-state index in [4.69, 9.17) is 5.41 Å². The molecule has 0 amide bonds. The minimum Gasteiger partial charge on any atom is -0.285 e. The minimum atomic E-state index is 0.194. The first-order valence-corrected chi connectivity index (χ1v) is 1.84. The van der Waals surface area contributed by atoms with Gasteiger partial charge in [-0.25, -0.2) is 0 Å². The maximum absolute atomic E-state index is 6.69. The van der Waals surface area contributed by atoms with Gasteiger partial charge in [0, 0.05) is 6.20 Å². The Balaban J connectivity index is 3.46. The Kier molecular flexibility index (Phi) is 2.76. The van der Waals surface area contributed by atoms with E-state index in [1.807, 2.05) is 0 Å². The molecule has 0 radical (unpaired) electrons. The van der Waals surface area contributed by atoms with Crippen molar-refractivity contribution in [2.75, 3.05) is 0 Å². The molecule has 0 saturated carbocycles. The van der Waals surface area contributed by atoms with E-state index in [-0.39, 0.29) is 5.84 Å². The van der Waals surface area contributed by atoms with Gasteiger partial charge in [-0.15, -0.1) is 5.11 Å². The van der Waals surface area contributed by atoms with Gasteiger partial charge in [-0.1, -0.05) is 6.58 Å². The zero-order valence-corrected chi connectivity index (χ0v) is 4.18. The summed E-state index contributed by atoms with van der Waals surface area (Å²) in [6.07, 6.45) is 1.29. The van der Waals surface area contributed by atoms with E-state index >= 15 is 0 Å². The van der Waals surface area contributed by atoms with Gasteiger partial charge in [-0.2, -0.15) is 5.11 Å². The highest BCUT2D eigenvalue weighted by Crippen LogP contribution is 1.75. The van der Waals surface area contributed by atoms with Gasteiger partial charge in [0.2, 0.25) is 0 Å². The molecule has 0 aliphatic carbocycles. The quantitative estimate of drug-likeness (QED) is 0.293. The van der Waals surface area contributed by atoms with Crippen LogP contribution in [0.3, 0.4) is 0 Å². The molecule has 0 aromatic rings. The van der Waals surface area contributed by atoms with Crippen molar-refractivity contribution in [1.82, 2.24) is 0 Å². The lowest BCUT2D eigenvalue weighted by atomic mass is 10.7. The summed E-state index contributed by atoms with van der Waals surface area (Å²) in [6, 6.07) is 0. The standard InChI is InChI=1S/C4H7N3/c1-3-6-7-4(2)5/h3,5H,1H2,2H3. The van der Waals surface area contributed by atoms with Crippen molar-refractivity contribution >= 4 is 5.84 Å². The molecule has 0 fully saturated rings. The van der Waals surface area contributed by atoms with Crippen molar-refractivity contribution in [3.05, 3.63) is 12.8 Å². The van der Waals surface area contributed by atoms with Crippen LogP contribution in [0.5, 0.6) is 0 Å².